The van der Waals surface area contributed by atoms with Gasteiger partial charge in [-0.2, -0.15) is 0 Å². The summed E-state index contributed by atoms with van der Waals surface area (Å²) in [6.07, 6.45) is -4.07. The molecule has 0 fully saturated rings. The summed E-state index contributed by atoms with van der Waals surface area (Å²) < 4.78 is 40.5. The van der Waals surface area contributed by atoms with Crippen molar-refractivity contribution < 1.29 is 27.8 Å². The smallest absolute Gasteiger partial charge is 0.481 e. The molecule has 0 radical (unpaired) electrons. The molecule has 0 unspecified atom stereocenters. The summed E-state index contributed by atoms with van der Waals surface area (Å²) >= 11 is 4.80. The number of aromatic nitrogens is 1. The van der Waals surface area contributed by atoms with Crippen molar-refractivity contribution in [3.8, 4) is 5.88 Å². The molecule has 1 heterocycles. The molecule has 0 spiro atoms. The summed E-state index contributed by atoms with van der Waals surface area (Å²) in [6.45, 7) is 0. The quantitative estimate of drug-likeness (QED) is 0.578. The lowest BCUT2D eigenvalue weighted by molar-refractivity contribution is -0.276. The molecule has 1 N–H and O–H groups in total. The van der Waals surface area contributed by atoms with Gasteiger partial charge in [-0.05, 0) is 28.2 Å². The number of ether oxygens (including phenoxy) is 1. The van der Waals surface area contributed by atoms with Crippen LogP contribution in [-0.2, 0) is 16.5 Å². The second-order valence-electron chi connectivity index (χ2n) is 3.13. The van der Waals surface area contributed by atoms with E-state index >= 15 is 0 Å². The van der Waals surface area contributed by atoms with Gasteiger partial charge in [0.2, 0.25) is 5.88 Å². The highest BCUT2D eigenvalue weighted by molar-refractivity contribution is 14.1. The maximum absolute atomic E-state index is 12.1. The van der Waals surface area contributed by atoms with Gasteiger partial charge in [-0.1, -0.05) is 15.9 Å². The first-order valence-electron chi connectivity index (χ1n) is 4.44. The molecule has 1 aromatic heterocycles. The van der Waals surface area contributed by atoms with Crippen molar-refractivity contribution in [1.29, 1.82) is 0 Å². The summed E-state index contributed by atoms with van der Waals surface area (Å²) in [5, 5.41) is 8.74. The first-order chi connectivity index (χ1) is 8.24. The van der Waals surface area contributed by atoms with Crippen molar-refractivity contribution in [3.63, 3.8) is 0 Å². The van der Waals surface area contributed by atoms with Crippen LogP contribution in [-0.4, -0.2) is 22.4 Å². The monoisotopic (exact) mass is 439 g/mol. The minimum atomic E-state index is -4.83. The number of hydrogen-bond donors (Lipinski definition) is 1. The third-order valence-electron chi connectivity index (χ3n) is 1.83. The Balaban J connectivity index is 3.16. The van der Waals surface area contributed by atoms with E-state index in [1.165, 1.54) is 0 Å². The van der Waals surface area contributed by atoms with Crippen LogP contribution in [0.2, 0.25) is 0 Å². The average molecular weight is 440 g/mol. The van der Waals surface area contributed by atoms with E-state index < -0.39 is 18.2 Å². The molecule has 18 heavy (non-hydrogen) atoms. The van der Waals surface area contributed by atoms with E-state index in [0.717, 1.165) is 6.20 Å². The molecule has 0 saturated carbocycles. The Morgan fingerprint density at radius 2 is 2.17 bits per heavy atom. The van der Waals surface area contributed by atoms with Gasteiger partial charge in [0.1, 0.15) is 0 Å². The lowest BCUT2D eigenvalue weighted by Crippen LogP contribution is -2.19. The standard InChI is InChI=1S/C9H6BrF3INO3/c10-2-5-7(14)4(1-6(16)17)3-15-8(5)18-9(11,12)13/h3H,1-2H2,(H,16,17). The highest BCUT2D eigenvalue weighted by Crippen LogP contribution is 2.31. The number of carboxylic acids is 1. The molecule has 1 rings (SSSR count). The number of halogens is 5. The Bertz CT molecular complexity index is 467. The number of hydrogen-bond acceptors (Lipinski definition) is 3. The minimum absolute atomic E-state index is 0.0805. The zero-order valence-corrected chi connectivity index (χ0v) is 12.3. The predicted octanol–water partition coefficient (Wildman–Crippen LogP) is 3.11. The fourth-order valence-corrected chi connectivity index (χ4v) is 2.95. The van der Waals surface area contributed by atoms with Crippen molar-refractivity contribution in [2.24, 2.45) is 0 Å². The molecule has 0 aliphatic rings. The molecule has 4 nitrogen and oxygen atoms in total. The van der Waals surface area contributed by atoms with E-state index in [9.17, 15) is 18.0 Å². The molecule has 1 aromatic rings. The van der Waals surface area contributed by atoms with E-state index in [2.05, 4.69) is 25.7 Å². The molecule has 0 aromatic carbocycles. The largest absolute Gasteiger partial charge is 0.574 e. The van der Waals surface area contributed by atoms with Crippen LogP contribution < -0.4 is 4.74 Å². The summed E-state index contributed by atoms with van der Waals surface area (Å²) in [6, 6.07) is 0. The van der Waals surface area contributed by atoms with Gasteiger partial charge >= 0.3 is 12.3 Å². The SMILES string of the molecule is O=C(O)Cc1cnc(OC(F)(F)F)c(CBr)c1I. The highest BCUT2D eigenvalue weighted by atomic mass is 127. The zero-order valence-electron chi connectivity index (χ0n) is 8.59. The summed E-state index contributed by atoms with van der Waals surface area (Å²) in [5.74, 6) is -1.65. The van der Waals surface area contributed by atoms with Crippen LogP contribution in [0.5, 0.6) is 5.88 Å². The van der Waals surface area contributed by atoms with Crippen molar-refractivity contribution in [3.05, 3.63) is 20.9 Å². The highest BCUT2D eigenvalue weighted by Gasteiger charge is 2.33. The van der Waals surface area contributed by atoms with E-state index in [4.69, 9.17) is 5.11 Å². The summed E-state index contributed by atoms with van der Waals surface area (Å²) in [5.41, 5.74) is 0.513. The molecule has 9 heteroatoms. The molecule has 0 saturated heterocycles. The Morgan fingerprint density at radius 3 is 2.61 bits per heavy atom. The van der Waals surface area contributed by atoms with Crippen molar-refractivity contribution in [1.82, 2.24) is 4.98 Å². The second-order valence-corrected chi connectivity index (χ2v) is 4.77. The minimum Gasteiger partial charge on any atom is -0.481 e. The Labute approximate surface area is 122 Å². The van der Waals surface area contributed by atoms with Gasteiger partial charge in [-0.25, -0.2) is 4.98 Å². The average Bonchev–Trinajstić information content (AvgIpc) is 2.20. The topological polar surface area (TPSA) is 59.4 Å². The number of carboxylic acid groups (broad SMARTS) is 1. The van der Waals surface area contributed by atoms with Gasteiger partial charge in [0.15, 0.2) is 0 Å². The summed E-state index contributed by atoms with van der Waals surface area (Å²) in [4.78, 5) is 14.1. The number of alkyl halides is 4. The maximum atomic E-state index is 12.1. The van der Waals surface area contributed by atoms with E-state index in [0.29, 0.717) is 9.13 Å². The van der Waals surface area contributed by atoms with Gasteiger partial charge < -0.3 is 9.84 Å². The third-order valence-corrected chi connectivity index (χ3v) is 3.74. The molecular weight excluding hydrogens is 434 g/mol. The van der Waals surface area contributed by atoms with Gasteiger partial charge in [0.25, 0.3) is 0 Å². The molecule has 0 atom stereocenters. The lowest BCUT2D eigenvalue weighted by Gasteiger charge is -2.13. The van der Waals surface area contributed by atoms with Crippen molar-refractivity contribution in [2.75, 3.05) is 0 Å². The van der Waals surface area contributed by atoms with Gasteiger partial charge in [0, 0.05) is 20.7 Å². The molecule has 100 valence electrons. The molecule has 0 bridgehead atoms. The normalized spacial score (nSPS) is 11.4. The lowest BCUT2D eigenvalue weighted by atomic mass is 10.1. The third kappa shape index (κ3) is 4.26. The van der Waals surface area contributed by atoms with E-state index in [1.54, 1.807) is 22.6 Å². The Morgan fingerprint density at radius 1 is 1.56 bits per heavy atom. The number of rotatable bonds is 4. The van der Waals surface area contributed by atoms with Crippen molar-refractivity contribution in [2.45, 2.75) is 18.1 Å². The molecule has 0 aliphatic carbocycles. The first-order valence-corrected chi connectivity index (χ1v) is 6.64. The summed E-state index contributed by atoms with van der Waals surface area (Å²) in [7, 11) is 0. The maximum Gasteiger partial charge on any atom is 0.574 e. The van der Waals surface area contributed by atoms with Crippen LogP contribution in [0.4, 0.5) is 13.2 Å². The van der Waals surface area contributed by atoms with Crippen LogP contribution in [0.15, 0.2) is 6.20 Å². The fourth-order valence-electron chi connectivity index (χ4n) is 1.16. The second kappa shape index (κ2) is 6.04. The number of aliphatic carboxylic acids is 1. The van der Waals surface area contributed by atoms with Crippen LogP contribution >= 0.6 is 38.5 Å². The molecular formula is C9H6BrF3INO3. The van der Waals surface area contributed by atoms with Crippen LogP contribution in [0.3, 0.4) is 0 Å². The zero-order chi connectivity index (χ0) is 13.9. The van der Waals surface area contributed by atoms with E-state index in [1.807, 2.05) is 0 Å². The molecule has 0 aliphatic heterocycles. The first kappa shape index (κ1) is 15.5. The Hall–Kier alpha value is -0.580. The number of nitrogens with zero attached hydrogens (tertiary/aromatic N) is 1. The van der Waals surface area contributed by atoms with Gasteiger partial charge in [-0.15, -0.1) is 13.2 Å². The van der Waals surface area contributed by atoms with Crippen LogP contribution in [0, 0.1) is 3.57 Å². The molecule has 0 amide bonds. The van der Waals surface area contributed by atoms with E-state index in [-0.39, 0.29) is 17.3 Å². The number of pyridine rings is 1. The van der Waals surface area contributed by atoms with Gasteiger partial charge in [-0.3, -0.25) is 4.79 Å². The predicted molar refractivity (Wildman–Crippen MR) is 67.6 cm³/mol. The van der Waals surface area contributed by atoms with Crippen LogP contribution in [0.1, 0.15) is 11.1 Å². The van der Waals surface area contributed by atoms with Crippen LogP contribution in [0.25, 0.3) is 0 Å². The number of carbonyl (C=O) groups is 1. The fraction of sp³-hybridized carbons (Fsp3) is 0.333. The van der Waals surface area contributed by atoms with Gasteiger partial charge in [0.05, 0.1) is 6.42 Å². The Kier molecular flexibility index (Phi) is 5.20. The van der Waals surface area contributed by atoms with Crippen molar-refractivity contribution >= 4 is 44.5 Å².